The van der Waals surface area contributed by atoms with Gasteiger partial charge in [0.1, 0.15) is 5.56 Å². The predicted molar refractivity (Wildman–Crippen MR) is 88.9 cm³/mol. The van der Waals surface area contributed by atoms with Crippen molar-refractivity contribution in [2.45, 2.75) is 6.92 Å². The zero-order valence-electron chi connectivity index (χ0n) is 12.8. The number of aromatic nitrogens is 2. The molecule has 120 valence electrons. The van der Waals surface area contributed by atoms with E-state index in [0.29, 0.717) is 5.69 Å². The molecule has 0 aliphatic heterocycles. The molecule has 0 spiro atoms. The molecule has 0 aliphatic carbocycles. The number of benzene rings is 2. The van der Waals surface area contributed by atoms with Crippen molar-refractivity contribution in [3.05, 3.63) is 92.1 Å². The van der Waals surface area contributed by atoms with Crippen LogP contribution in [0.4, 0.5) is 0 Å². The quantitative estimate of drug-likeness (QED) is 0.719. The molecule has 3 aromatic rings. The fourth-order valence-corrected chi connectivity index (χ4v) is 2.40. The van der Waals surface area contributed by atoms with Gasteiger partial charge in [0.2, 0.25) is 11.7 Å². The number of aryl methyl sites for hydroxylation is 1. The molecule has 0 radical (unpaired) electrons. The predicted octanol–water partition coefficient (Wildman–Crippen LogP) is 1.77. The summed E-state index contributed by atoms with van der Waals surface area (Å²) in [5, 5.41) is 10.4. The molecule has 0 amide bonds. The molecular formula is C18H14N2O4. The molecule has 0 aliphatic rings. The summed E-state index contributed by atoms with van der Waals surface area (Å²) < 4.78 is 0.900. The second-order valence-corrected chi connectivity index (χ2v) is 5.32. The lowest BCUT2D eigenvalue weighted by Gasteiger charge is -2.11. The Morgan fingerprint density at radius 2 is 1.62 bits per heavy atom. The van der Waals surface area contributed by atoms with Crippen LogP contribution in [0.25, 0.3) is 5.69 Å². The molecule has 0 bridgehead atoms. The Hall–Kier alpha value is -3.41. The third-order valence-electron chi connectivity index (χ3n) is 3.64. The van der Waals surface area contributed by atoms with Crippen molar-refractivity contribution in [3.63, 3.8) is 0 Å². The highest BCUT2D eigenvalue weighted by molar-refractivity contribution is 6.10. The number of aromatic hydroxyl groups is 1. The van der Waals surface area contributed by atoms with Gasteiger partial charge in [-0.15, -0.1) is 0 Å². The Labute approximate surface area is 136 Å². The zero-order chi connectivity index (χ0) is 17.3. The molecular weight excluding hydrogens is 308 g/mol. The summed E-state index contributed by atoms with van der Waals surface area (Å²) in [6.07, 6.45) is 0. The van der Waals surface area contributed by atoms with Gasteiger partial charge in [-0.25, -0.2) is 9.36 Å². The molecule has 0 atom stereocenters. The number of nitrogens with one attached hydrogen (secondary N) is 1. The number of hydrogen-bond donors (Lipinski definition) is 2. The van der Waals surface area contributed by atoms with E-state index in [1.54, 1.807) is 42.5 Å². The summed E-state index contributed by atoms with van der Waals surface area (Å²) >= 11 is 0. The van der Waals surface area contributed by atoms with Crippen LogP contribution in [0.1, 0.15) is 21.5 Å². The van der Waals surface area contributed by atoms with Crippen LogP contribution in [0.5, 0.6) is 5.88 Å². The minimum Gasteiger partial charge on any atom is -0.493 e. The van der Waals surface area contributed by atoms with Crippen LogP contribution in [-0.2, 0) is 0 Å². The van der Waals surface area contributed by atoms with Gasteiger partial charge in [0.05, 0.1) is 5.69 Å². The first kappa shape index (κ1) is 15.5. The highest BCUT2D eigenvalue weighted by Gasteiger charge is 2.22. The largest absolute Gasteiger partial charge is 0.493 e. The van der Waals surface area contributed by atoms with E-state index in [2.05, 4.69) is 4.98 Å². The number of aromatic amines is 1. The zero-order valence-corrected chi connectivity index (χ0v) is 12.8. The van der Waals surface area contributed by atoms with Crippen molar-refractivity contribution in [1.82, 2.24) is 9.55 Å². The van der Waals surface area contributed by atoms with Gasteiger partial charge in [-0.1, -0.05) is 48.0 Å². The first-order chi connectivity index (χ1) is 11.5. The highest BCUT2D eigenvalue weighted by atomic mass is 16.3. The fourth-order valence-electron chi connectivity index (χ4n) is 2.40. The minimum atomic E-state index is -0.922. The number of H-pyrrole nitrogens is 1. The van der Waals surface area contributed by atoms with Crippen LogP contribution < -0.4 is 11.2 Å². The minimum absolute atomic E-state index is 0.243. The Morgan fingerprint density at radius 3 is 2.25 bits per heavy atom. The van der Waals surface area contributed by atoms with Crippen LogP contribution in [0.15, 0.2) is 64.2 Å². The van der Waals surface area contributed by atoms with E-state index in [9.17, 15) is 19.5 Å². The molecule has 0 saturated carbocycles. The van der Waals surface area contributed by atoms with Crippen LogP contribution in [0.2, 0.25) is 0 Å². The molecule has 2 N–H and O–H groups in total. The Kier molecular flexibility index (Phi) is 3.87. The Balaban J connectivity index is 2.24. The van der Waals surface area contributed by atoms with Gasteiger partial charge in [0.25, 0.3) is 5.56 Å². The van der Waals surface area contributed by atoms with Crippen molar-refractivity contribution < 1.29 is 9.90 Å². The molecule has 0 unspecified atom stereocenters. The summed E-state index contributed by atoms with van der Waals surface area (Å²) in [6, 6.07) is 14.8. The SMILES string of the molecule is Cc1ccc(-n2c(O)c(C(=O)c3ccccc3)c(=O)[nH]c2=O)cc1. The maximum atomic E-state index is 12.5. The van der Waals surface area contributed by atoms with E-state index in [-0.39, 0.29) is 5.56 Å². The lowest BCUT2D eigenvalue weighted by molar-refractivity contribution is 0.103. The van der Waals surface area contributed by atoms with Gasteiger partial charge in [-0.05, 0) is 19.1 Å². The Morgan fingerprint density at radius 1 is 1.00 bits per heavy atom. The standard InChI is InChI=1S/C18H14N2O4/c1-11-7-9-13(10-8-11)20-17(23)14(16(22)19-18(20)24)15(21)12-5-3-2-4-6-12/h2-10,23H,1H3,(H,19,22,24). The number of rotatable bonds is 3. The number of carbonyl (C=O) groups excluding carboxylic acids is 1. The number of carbonyl (C=O) groups is 1. The van der Waals surface area contributed by atoms with Crippen LogP contribution in [0, 0.1) is 6.92 Å². The van der Waals surface area contributed by atoms with Gasteiger partial charge < -0.3 is 5.11 Å². The normalized spacial score (nSPS) is 10.5. The average molecular weight is 322 g/mol. The average Bonchev–Trinajstić information content (AvgIpc) is 2.57. The third-order valence-corrected chi connectivity index (χ3v) is 3.64. The van der Waals surface area contributed by atoms with E-state index >= 15 is 0 Å². The molecule has 0 saturated heterocycles. The summed E-state index contributed by atoms with van der Waals surface area (Å²) in [7, 11) is 0. The third kappa shape index (κ3) is 2.65. The molecule has 2 aromatic carbocycles. The number of ketones is 1. The van der Waals surface area contributed by atoms with Crippen molar-refractivity contribution in [3.8, 4) is 11.6 Å². The van der Waals surface area contributed by atoms with E-state index in [4.69, 9.17) is 0 Å². The molecule has 6 nitrogen and oxygen atoms in total. The van der Waals surface area contributed by atoms with Crippen molar-refractivity contribution in [1.29, 1.82) is 0 Å². The Bertz CT molecular complexity index is 1020. The van der Waals surface area contributed by atoms with E-state index in [1.807, 2.05) is 6.92 Å². The summed E-state index contributed by atoms with van der Waals surface area (Å²) in [5.74, 6) is -1.34. The van der Waals surface area contributed by atoms with E-state index in [0.717, 1.165) is 10.1 Å². The van der Waals surface area contributed by atoms with Gasteiger partial charge in [-0.3, -0.25) is 14.6 Å². The number of nitrogens with zero attached hydrogens (tertiary/aromatic N) is 1. The first-order valence-corrected chi connectivity index (χ1v) is 7.24. The lowest BCUT2D eigenvalue weighted by atomic mass is 10.1. The first-order valence-electron chi connectivity index (χ1n) is 7.24. The van der Waals surface area contributed by atoms with Crippen molar-refractivity contribution in [2.75, 3.05) is 0 Å². The maximum Gasteiger partial charge on any atom is 0.335 e. The topological polar surface area (TPSA) is 92.2 Å². The van der Waals surface area contributed by atoms with Crippen LogP contribution in [0.3, 0.4) is 0 Å². The monoisotopic (exact) mass is 322 g/mol. The fraction of sp³-hybridized carbons (Fsp3) is 0.0556. The van der Waals surface area contributed by atoms with Crippen molar-refractivity contribution in [2.24, 2.45) is 0 Å². The lowest BCUT2D eigenvalue weighted by Crippen LogP contribution is -2.33. The molecule has 1 aromatic heterocycles. The maximum absolute atomic E-state index is 12.5. The second-order valence-electron chi connectivity index (χ2n) is 5.32. The van der Waals surface area contributed by atoms with Crippen LogP contribution >= 0.6 is 0 Å². The van der Waals surface area contributed by atoms with Gasteiger partial charge in [0, 0.05) is 5.56 Å². The van der Waals surface area contributed by atoms with Gasteiger partial charge in [0.15, 0.2) is 0 Å². The van der Waals surface area contributed by atoms with Crippen LogP contribution in [-0.4, -0.2) is 20.4 Å². The summed E-state index contributed by atoms with van der Waals surface area (Å²) in [4.78, 5) is 38.8. The summed E-state index contributed by atoms with van der Waals surface area (Å²) in [6.45, 7) is 1.88. The second kappa shape index (κ2) is 6.00. The van der Waals surface area contributed by atoms with Crippen molar-refractivity contribution >= 4 is 5.78 Å². The van der Waals surface area contributed by atoms with Gasteiger partial charge in [-0.2, -0.15) is 0 Å². The molecule has 0 fully saturated rings. The van der Waals surface area contributed by atoms with E-state index < -0.39 is 28.5 Å². The van der Waals surface area contributed by atoms with E-state index in [1.165, 1.54) is 12.1 Å². The van der Waals surface area contributed by atoms with Gasteiger partial charge >= 0.3 is 5.69 Å². The molecule has 1 heterocycles. The number of hydrogen-bond acceptors (Lipinski definition) is 4. The molecule has 24 heavy (non-hydrogen) atoms. The highest BCUT2D eigenvalue weighted by Crippen LogP contribution is 2.19. The molecule has 6 heteroatoms. The smallest absolute Gasteiger partial charge is 0.335 e. The molecule has 3 rings (SSSR count). The summed E-state index contributed by atoms with van der Waals surface area (Å²) in [5.41, 5.74) is -0.646.